The largest absolute Gasteiger partial charge is 0.299 e. The Bertz CT molecular complexity index is 267. The minimum atomic E-state index is -0.363. The summed E-state index contributed by atoms with van der Waals surface area (Å²) >= 11 is 4.70. The molecule has 0 aromatic heterocycles. The number of hydrogen-bond acceptors (Lipinski definition) is 3. The van der Waals surface area contributed by atoms with Crippen LogP contribution in [0.1, 0.15) is 13.8 Å². The van der Waals surface area contributed by atoms with Gasteiger partial charge in [0, 0.05) is 0 Å². The summed E-state index contributed by atoms with van der Waals surface area (Å²) in [6.45, 7) is 3.42. The van der Waals surface area contributed by atoms with Gasteiger partial charge in [-0.3, -0.25) is 20.2 Å². The first-order chi connectivity index (χ1) is 6.60. The van der Waals surface area contributed by atoms with Gasteiger partial charge in [0.2, 0.25) is 11.8 Å². The van der Waals surface area contributed by atoms with Crippen LogP contribution in [-0.2, 0) is 9.59 Å². The zero-order valence-electron chi connectivity index (χ0n) is 8.03. The van der Waals surface area contributed by atoms with Gasteiger partial charge in [0.25, 0.3) is 0 Å². The molecule has 0 aliphatic rings. The molecule has 5 heteroatoms. The first-order valence-electron chi connectivity index (χ1n) is 4.01. The molecule has 76 valence electrons. The van der Waals surface area contributed by atoms with Gasteiger partial charge in [-0.2, -0.15) is 0 Å². The van der Waals surface area contributed by atoms with E-state index in [0.717, 1.165) is 0 Å². The lowest BCUT2D eigenvalue weighted by molar-refractivity contribution is -0.115. The lowest BCUT2D eigenvalue weighted by Gasteiger charge is -2.03. The zero-order chi connectivity index (χ0) is 11.0. The van der Waals surface area contributed by atoms with Gasteiger partial charge >= 0.3 is 0 Å². The van der Waals surface area contributed by atoms with Gasteiger partial charge in [-0.05, 0) is 38.2 Å². The fourth-order valence-electron chi connectivity index (χ4n) is 0.641. The van der Waals surface area contributed by atoms with Gasteiger partial charge in [-0.1, -0.05) is 12.2 Å². The van der Waals surface area contributed by atoms with E-state index >= 15 is 0 Å². The molecule has 0 rings (SSSR count). The molecule has 2 N–H and O–H groups in total. The molecule has 0 aromatic carbocycles. The first kappa shape index (κ1) is 12.5. The van der Waals surface area contributed by atoms with Crippen molar-refractivity contribution in [1.82, 2.24) is 10.6 Å². The average molecular weight is 212 g/mol. The Morgan fingerprint density at radius 1 is 1.00 bits per heavy atom. The normalized spacial score (nSPS) is 10.4. The van der Waals surface area contributed by atoms with E-state index in [9.17, 15) is 9.59 Å². The summed E-state index contributed by atoms with van der Waals surface area (Å²) in [5.74, 6) is -0.725. The van der Waals surface area contributed by atoms with Crippen LogP contribution >= 0.6 is 12.2 Å². The molecule has 0 unspecified atom stereocenters. The first-order valence-corrected chi connectivity index (χ1v) is 4.42. The Kier molecular flexibility index (Phi) is 6.22. The van der Waals surface area contributed by atoms with Crippen LogP contribution in [0, 0.1) is 0 Å². The molecule has 0 spiro atoms. The minimum Gasteiger partial charge on any atom is -0.299 e. The molecule has 0 aliphatic carbocycles. The molecule has 0 aromatic rings. The summed E-state index contributed by atoms with van der Waals surface area (Å²) in [6, 6.07) is 0. The monoisotopic (exact) mass is 212 g/mol. The topological polar surface area (TPSA) is 58.2 Å². The molecule has 0 heterocycles. The van der Waals surface area contributed by atoms with Crippen LogP contribution in [0.3, 0.4) is 0 Å². The van der Waals surface area contributed by atoms with Crippen molar-refractivity contribution in [1.29, 1.82) is 0 Å². The summed E-state index contributed by atoms with van der Waals surface area (Å²) in [5, 5.41) is 4.62. The number of thiocarbonyl (C=S) groups is 1. The second-order valence-corrected chi connectivity index (χ2v) is 2.72. The number of amides is 2. The summed E-state index contributed by atoms with van der Waals surface area (Å²) in [6.07, 6.45) is 5.78. The molecule has 0 fully saturated rings. The van der Waals surface area contributed by atoms with E-state index in [2.05, 4.69) is 10.6 Å². The predicted molar refractivity (Wildman–Crippen MR) is 58.5 cm³/mol. The van der Waals surface area contributed by atoms with E-state index in [1.807, 2.05) is 0 Å². The molecule has 14 heavy (non-hydrogen) atoms. The quantitative estimate of drug-likeness (QED) is 0.522. The van der Waals surface area contributed by atoms with E-state index in [1.54, 1.807) is 26.0 Å². The minimum absolute atomic E-state index is 0.00352. The lowest BCUT2D eigenvalue weighted by Crippen LogP contribution is -2.40. The lowest BCUT2D eigenvalue weighted by atomic mass is 10.5. The highest BCUT2D eigenvalue weighted by Gasteiger charge is 2.02. The SMILES string of the molecule is C/C=C/C(=O)NC(=S)NC(=O)/C=C/C. The number of rotatable bonds is 2. The third kappa shape index (κ3) is 6.07. The Hall–Kier alpha value is -1.49. The molecule has 0 radical (unpaired) electrons. The van der Waals surface area contributed by atoms with Crippen molar-refractivity contribution >= 4 is 29.1 Å². The molecular formula is C9H12N2O2S. The second kappa shape index (κ2) is 6.97. The van der Waals surface area contributed by atoms with E-state index < -0.39 is 0 Å². The smallest absolute Gasteiger partial charge is 0.249 e. The van der Waals surface area contributed by atoms with E-state index in [4.69, 9.17) is 12.2 Å². The van der Waals surface area contributed by atoms with Gasteiger partial charge in [0.05, 0.1) is 0 Å². The summed E-state index contributed by atoms with van der Waals surface area (Å²) < 4.78 is 0. The fraction of sp³-hybridized carbons (Fsp3) is 0.222. The predicted octanol–water partition coefficient (Wildman–Crippen LogP) is 0.656. The maximum Gasteiger partial charge on any atom is 0.249 e. The number of nitrogens with one attached hydrogen (secondary N) is 2. The highest BCUT2D eigenvalue weighted by atomic mass is 32.1. The maximum absolute atomic E-state index is 10.9. The summed E-state index contributed by atoms with van der Waals surface area (Å²) in [5.41, 5.74) is 0. The van der Waals surface area contributed by atoms with Crippen LogP contribution in [0.2, 0.25) is 0 Å². The molecule has 0 atom stereocenters. The van der Waals surface area contributed by atoms with Crippen LogP contribution in [0.15, 0.2) is 24.3 Å². The maximum atomic E-state index is 10.9. The molecule has 0 bridgehead atoms. The second-order valence-electron chi connectivity index (χ2n) is 2.31. The van der Waals surface area contributed by atoms with Crippen LogP contribution in [0.25, 0.3) is 0 Å². The fourth-order valence-corrected chi connectivity index (χ4v) is 0.842. The highest BCUT2D eigenvalue weighted by molar-refractivity contribution is 7.80. The Morgan fingerprint density at radius 3 is 1.64 bits per heavy atom. The number of carbonyl (C=O) groups is 2. The summed E-state index contributed by atoms with van der Waals surface area (Å²) in [7, 11) is 0. The van der Waals surface area contributed by atoms with Gasteiger partial charge < -0.3 is 0 Å². The Labute approximate surface area is 88.1 Å². The van der Waals surface area contributed by atoms with Crippen molar-refractivity contribution in [2.75, 3.05) is 0 Å². The van der Waals surface area contributed by atoms with Crippen LogP contribution in [0.5, 0.6) is 0 Å². The van der Waals surface area contributed by atoms with Crippen molar-refractivity contribution in [2.24, 2.45) is 0 Å². The summed E-state index contributed by atoms with van der Waals surface area (Å²) in [4.78, 5) is 21.9. The number of carbonyl (C=O) groups excluding carboxylic acids is 2. The number of allylic oxidation sites excluding steroid dienone is 2. The Balaban J connectivity index is 3.99. The molecule has 0 saturated carbocycles. The third-order valence-corrected chi connectivity index (χ3v) is 1.31. The van der Waals surface area contributed by atoms with E-state index in [1.165, 1.54) is 12.2 Å². The van der Waals surface area contributed by atoms with Crippen LogP contribution in [0.4, 0.5) is 0 Å². The van der Waals surface area contributed by atoms with Gasteiger partial charge in [0.15, 0.2) is 5.11 Å². The van der Waals surface area contributed by atoms with E-state index in [0.29, 0.717) is 0 Å². The molecule has 4 nitrogen and oxygen atoms in total. The van der Waals surface area contributed by atoms with Crippen molar-refractivity contribution < 1.29 is 9.59 Å². The zero-order valence-corrected chi connectivity index (χ0v) is 8.85. The third-order valence-electron chi connectivity index (χ3n) is 1.11. The van der Waals surface area contributed by atoms with Gasteiger partial charge in [0.1, 0.15) is 0 Å². The van der Waals surface area contributed by atoms with Crippen molar-refractivity contribution in [3.05, 3.63) is 24.3 Å². The average Bonchev–Trinajstić information content (AvgIpc) is 2.03. The van der Waals surface area contributed by atoms with Gasteiger partial charge in [-0.25, -0.2) is 0 Å². The number of hydrogen-bond donors (Lipinski definition) is 2. The van der Waals surface area contributed by atoms with Crippen LogP contribution < -0.4 is 10.6 Å². The molecule has 0 aliphatic heterocycles. The van der Waals surface area contributed by atoms with Crippen molar-refractivity contribution in [3.63, 3.8) is 0 Å². The standard InChI is InChI=1S/C9H12N2O2S/c1-3-5-7(12)10-9(14)11-8(13)6-4-2/h3-6H,1-2H3,(H2,10,11,12,13,14)/b5-3+,6-4+. The molecule has 2 amide bonds. The van der Waals surface area contributed by atoms with E-state index in [-0.39, 0.29) is 16.9 Å². The van der Waals surface area contributed by atoms with Crippen LogP contribution in [-0.4, -0.2) is 16.9 Å². The Morgan fingerprint density at radius 2 is 1.36 bits per heavy atom. The van der Waals surface area contributed by atoms with Crippen molar-refractivity contribution in [2.45, 2.75) is 13.8 Å². The van der Waals surface area contributed by atoms with Gasteiger partial charge in [-0.15, -0.1) is 0 Å². The van der Waals surface area contributed by atoms with Crippen molar-refractivity contribution in [3.8, 4) is 0 Å². The molecular weight excluding hydrogens is 200 g/mol. The highest BCUT2D eigenvalue weighted by Crippen LogP contribution is 1.76. The molecule has 0 saturated heterocycles.